The van der Waals surface area contributed by atoms with Gasteiger partial charge in [0.2, 0.25) is 0 Å². The summed E-state index contributed by atoms with van der Waals surface area (Å²) in [4.78, 5) is 29.6. The number of nitrogens with zero attached hydrogens (tertiary/aromatic N) is 2. The van der Waals surface area contributed by atoms with Crippen molar-refractivity contribution >= 4 is 34.9 Å². The number of ether oxygens (including phenoxy) is 2. The molecule has 0 unspecified atom stereocenters. The predicted octanol–water partition coefficient (Wildman–Crippen LogP) is 4.77. The Morgan fingerprint density at radius 3 is 2.42 bits per heavy atom. The molecule has 0 atom stereocenters. The molecule has 1 amide bonds. The smallest absolute Gasteiger partial charge is 0.337 e. The predicted molar refractivity (Wildman–Crippen MR) is 142 cm³/mol. The molecule has 1 N–H and O–H groups in total. The summed E-state index contributed by atoms with van der Waals surface area (Å²) in [6, 6.07) is 20.9. The average molecular weight is 508 g/mol. The minimum absolute atomic E-state index is 0.171. The van der Waals surface area contributed by atoms with Crippen LogP contribution in [0.4, 0.5) is 11.4 Å². The van der Waals surface area contributed by atoms with E-state index in [1.54, 1.807) is 30.3 Å². The fourth-order valence-electron chi connectivity index (χ4n) is 4.25. The standard InChI is InChI=1S/C28H30ClN3O4/c1-20-16-23(29)9-11-26(20)36-19-27(33)30-24-17-22(28(34)35-2)8-10-25(24)32-14-12-31(13-15-32)18-21-6-4-3-5-7-21/h3-11,16-17H,12-15,18-19H2,1-2H3,(H,30,33). The van der Waals surface area contributed by atoms with Crippen LogP contribution in [-0.2, 0) is 16.1 Å². The lowest BCUT2D eigenvalue weighted by molar-refractivity contribution is -0.118. The summed E-state index contributed by atoms with van der Waals surface area (Å²) in [5.41, 5.74) is 3.91. The highest BCUT2D eigenvalue weighted by Gasteiger charge is 2.22. The van der Waals surface area contributed by atoms with E-state index in [-0.39, 0.29) is 12.5 Å². The highest BCUT2D eigenvalue weighted by molar-refractivity contribution is 6.30. The molecule has 0 radical (unpaired) electrons. The summed E-state index contributed by atoms with van der Waals surface area (Å²) in [6.07, 6.45) is 0. The molecule has 0 spiro atoms. The average Bonchev–Trinajstić information content (AvgIpc) is 2.89. The normalized spacial score (nSPS) is 13.8. The zero-order valence-corrected chi connectivity index (χ0v) is 21.3. The van der Waals surface area contributed by atoms with E-state index in [0.29, 0.717) is 22.0 Å². The van der Waals surface area contributed by atoms with Gasteiger partial charge in [-0.2, -0.15) is 0 Å². The van der Waals surface area contributed by atoms with Crippen molar-refractivity contribution in [1.29, 1.82) is 0 Å². The van der Waals surface area contributed by atoms with Crippen LogP contribution in [0.3, 0.4) is 0 Å². The number of anilines is 2. The number of carbonyl (C=O) groups excluding carboxylic acids is 2. The minimum atomic E-state index is -0.460. The van der Waals surface area contributed by atoms with E-state index in [0.717, 1.165) is 44.0 Å². The molecule has 0 bridgehead atoms. The summed E-state index contributed by atoms with van der Waals surface area (Å²) in [6.45, 7) is 5.98. The molecular weight excluding hydrogens is 478 g/mol. The van der Waals surface area contributed by atoms with E-state index >= 15 is 0 Å². The van der Waals surface area contributed by atoms with Crippen LogP contribution in [-0.4, -0.2) is 56.7 Å². The number of piperazine rings is 1. The molecule has 0 saturated carbocycles. The molecule has 36 heavy (non-hydrogen) atoms. The van der Waals surface area contributed by atoms with Gasteiger partial charge < -0.3 is 19.7 Å². The van der Waals surface area contributed by atoms with Crippen molar-refractivity contribution in [3.05, 3.63) is 88.4 Å². The van der Waals surface area contributed by atoms with Crippen LogP contribution in [0, 0.1) is 6.92 Å². The highest BCUT2D eigenvalue weighted by Crippen LogP contribution is 2.29. The number of aryl methyl sites for hydroxylation is 1. The maximum Gasteiger partial charge on any atom is 0.337 e. The van der Waals surface area contributed by atoms with Gasteiger partial charge in [-0.25, -0.2) is 4.79 Å². The lowest BCUT2D eigenvalue weighted by atomic mass is 10.1. The van der Waals surface area contributed by atoms with Crippen LogP contribution in [0.25, 0.3) is 0 Å². The van der Waals surface area contributed by atoms with Crippen molar-refractivity contribution in [1.82, 2.24) is 4.90 Å². The Kier molecular flexibility index (Phi) is 8.46. The van der Waals surface area contributed by atoms with Gasteiger partial charge in [-0.15, -0.1) is 0 Å². The number of amides is 1. The van der Waals surface area contributed by atoms with Gasteiger partial charge in [-0.3, -0.25) is 9.69 Å². The van der Waals surface area contributed by atoms with E-state index < -0.39 is 5.97 Å². The second kappa shape index (κ2) is 11.9. The number of hydrogen-bond acceptors (Lipinski definition) is 6. The van der Waals surface area contributed by atoms with Crippen LogP contribution in [0.2, 0.25) is 5.02 Å². The Bertz CT molecular complexity index is 1210. The minimum Gasteiger partial charge on any atom is -0.483 e. The van der Waals surface area contributed by atoms with Crippen molar-refractivity contribution in [3.8, 4) is 5.75 Å². The van der Waals surface area contributed by atoms with Crippen LogP contribution >= 0.6 is 11.6 Å². The first-order valence-corrected chi connectivity index (χ1v) is 12.2. The topological polar surface area (TPSA) is 71.1 Å². The van der Waals surface area contributed by atoms with Crippen molar-refractivity contribution in [2.45, 2.75) is 13.5 Å². The molecule has 0 aromatic heterocycles. The van der Waals surface area contributed by atoms with Gasteiger partial charge in [0.05, 0.1) is 24.0 Å². The summed E-state index contributed by atoms with van der Waals surface area (Å²) >= 11 is 6.00. The van der Waals surface area contributed by atoms with Crippen LogP contribution < -0.4 is 15.0 Å². The molecule has 1 heterocycles. The molecule has 3 aromatic rings. The molecule has 4 rings (SSSR count). The molecule has 7 nitrogen and oxygen atoms in total. The van der Waals surface area contributed by atoms with Gasteiger partial charge in [-0.1, -0.05) is 41.9 Å². The van der Waals surface area contributed by atoms with Crippen molar-refractivity contribution in [3.63, 3.8) is 0 Å². The largest absolute Gasteiger partial charge is 0.483 e. The molecule has 0 aliphatic carbocycles. The molecule has 1 aliphatic rings. The fourth-order valence-corrected chi connectivity index (χ4v) is 4.48. The number of rotatable bonds is 8. The van der Waals surface area contributed by atoms with Crippen LogP contribution in [0.1, 0.15) is 21.5 Å². The Morgan fingerprint density at radius 2 is 1.72 bits per heavy atom. The molecule has 188 valence electrons. The van der Waals surface area contributed by atoms with Gasteiger partial charge >= 0.3 is 5.97 Å². The highest BCUT2D eigenvalue weighted by atomic mass is 35.5. The monoisotopic (exact) mass is 507 g/mol. The van der Waals surface area contributed by atoms with Gasteiger partial charge in [0.15, 0.2) is 6.61 Å². The third kappa shape index (κ3) is 6.56. The zero-order valence-electron chi connectivity index (χ0n) is 20.5. The third-order valence-corrected chi connectivity index (χ3v) is 6.38. The number of benzene rings is 3. The Balaban J connectivity index is 1.44. The number of hydrogen-bond donors (Lipinski definition) is 1. The van der Waals surface area contributed by atoms with Crippen LogP contribution in [0.15, 0.2) is 66.7 Å². The van der Waals surface area contributed by atoms with E-state index in [1.165, 1.54) is 12.7 Å². The fraction of sp³-hybridized carbons (Fsp3) is 0.286. The Hall–Kier alpha value is -3.55. The van der Waals surface area contributed by atoms with Crippen molar-refractivity contribution < 1.29 is 19.1 Å². The SMILES string of the molecule is COC(=O)c1ccc(N2CCN(Cc3ccccc3)CC2)c(NC(=O)COc2ccc(Cl)cc2C)c1. The van der Waals surface area contributed by atoms with Gasteiger partial charge in [-0.05, 0) is 54.4 Å². The summed E-state index contributed by atoms with van der Waals surface area (Å²) in [7, 11) is 1.34. The number of nitrogens with one attached hydrogen (secondary N) is 1. The Labute approximate surface area is 216 Å². The maximum absolute atomic E-state index is 12.8. The number of halogens is 1. The van der Waals surface area contributed by atoms with Gasteiger partial charge in [0, 0.05) is 37.7 Å². The molecule has 1 aliphatic heterocycles. The number of carbonyl (C=O) groups is 2. The van der Waals surface area contributed by atoms with E-state index in [2.05, 4.69) is 39.4 Å². The second-order valence-corrected chi connectivity index (χ2v) is 9.16. The Morgan fingerprint density at radius 1 is 0.972 bits per heavy atom. The molecular formula is C28H30ClN3O4. The lowest BCUT2D eigenvalue weighted by Crippen LogP contribution is -2.46. The van der Waals surface area contributed by atoms with Crippen molar-refractivity contribution in [2.24, 2.45) is 0 Å². The number of methoxy groups -OCH3 is 1. The second-order valence-electron chi connectivity index (χ2n) is 8.72. The molecule has 1 saturated heterocycles. The molecule has 3 aromatic carbocycles. The summed E-state index contributed by atoms with van der Waals surface area (Å²) < 4.78 is 10.6. The third-order valence-electron chi connectivity index (χ3n) is 6.15. The zero-order chi connectivity index (χ0) is 25.5. The van der Waals surface area contributed by atoms with E-state index in [4.69, 9.17) is 21.1 Å². The quantitative estimate of drug-likeness (QED) is 0.443. The lowest BCUT2D eigenvalue weighted by Gasteiger charge is -2.37. The first kappa shape index (κ1) is 25.5. The van der Waals surface area contributed by atoms with Crippen LogP contribution in [0.5, 0.6) is 5.75 Å². The van der Waals surface area contributed by atoms with Gasteiger partial charge in [0.1, 0.15) is 5.75 Å². The first-order chi connectivity index (χ1) is 17.4. The summed E-state index contributed by atoms with van der Waals surface area (Å²) in [5.74, 6) is -0.194. The maximum atomic E-state index is 12.8. The summed E-state index contributed by atoms with van der Waals surface area (Å²) in [5, 5.41) is 3.54. The van der Waals surface area contributed by atoms with Gasteiger partial charge in [0.25, 0.3) is 5.91 Å². The number of esters is 1. The van der Waals surface area contributed by atoms with E-state index in [1.807, 2.05) is 19.1 Å². The van der Waals surface area contributed by atoms with E-state index in [9.17, 15) is 9.59 Å². The van der Waals surface area contributed by atoms with Crippen molar-refractivity contribution in [2.75, 3.05) is 50.1 Å². The first-order valence-electron chi connectivity index (χ1n) is 11.9. The molecule has 1 fully saturated rings. The molecule has 8 heteroatoms.